The van der Waals surface area contributed by atoms with Crippen molar-refractivity contribution >= 4 is 17.4 Å². The molecule has 0 aromatic carbocycles. The van der Waals surface area contributed by atoms with Crippen LogP contribution in [0.1, 0.15) is 23.6 Å². The number of imidazole rings is 1. The van der Waals surface area contributed by atoms with E-state index in [9.17, 15) is 13.6 Å². The third-order valence-electron chi connectivity index (χ3n) is 6.86. The summed E-state index contributed by atoms with van der Waals surface area (Å²) in [5.41, 5.74) is 3.47. The Morgan fingerprint density at radius 1 is 1.19 bits per heavy atom. The van der Waals surface area contributed by atoms with Crippen LogP contribution in [0.25, 0.3) is 17.0 Å². The van der Waals surface area contributed by atoms with Crippen molar-refractivity contribution in [3.63, 3.8) is 0 Å². The Morgan fingerprint density at radius 2 is 2.03 bits per heavy atom. The van der Waals surface area contributed by atoms with Gasteiger partial charge in [0.25, 0.3) is 5.92 Å². The number of halogens is 2. The second-order valence-corrected chi connectivity index (χ2v) is 9.89. The molecule has 1 saturated carbocycles. The lowest BCUT2D eigenvalue weighted by molar-refractivity contribution is -0.117. The van der Waals surface area contributed by atoms with Gasteiger partial charge in [-0.2, -0.15) is 10.2 Å². The molecule has 0 radical (unpaired) electrons. The van der Waals surface area contributed by atoms with Crippen LogP contribution in [-0.2, 0) is 11.8 Å². The second kappa shape index (κ2) is 8.58. The number of amides is 1. The van der Waals surface area contributed by atoms with E-state index in [0.717, 1.165) is 17.7 Å². The first-order valence-electron chi connectivity index (χ1n) is 12.0. The van der Waals surface area contributed by atoms with E-state index in [0.29, 0.717) is 22.9 Å². The van der Waals surface area contributed by atoms with Crippen LogP contribution in [-0.4, -0.2) is 72.3 Å². The fourth-order valence-corrected chi connectivity index (χ4v) is 4.81. The third kappa shape index (κ3) is 4.41. The normalized spacial score (nSPS) is 22.9. The van der Waals surface area contributed by atoms with Crippen LogP contribution >= 0.6 is 0 Å². The van der Waals surface area contributed by atoms with Gasteiger partial charge < -0.3 is 10.1 Å². The number of pyridine rings is 1. The summed E-state index contributed by atoms with van der Waals surface area (Å²) in [5.74, 6) is -2.50. The minimum Gasteiger partial charge on any atom is -0.479 e. The number of hydrogen-bond donors (Lipinski definition) is 1. The average Bonchev–Trinajstić information content (AvgIpc) is 3.31. The van der Waals surface area contributed by atoms with Gasteiger partial charge in [0, 0.05) is 37.3 Å². The van der Waals surface area contributed by atoms with Gasteiger partial charge in [-0.3, -0.25) is 19.4 Å². The molecule has 37 heavy (non-hydrogen) atoms. The summed E-state index contributed by atoms with van der Waals surface area (Å²) < 4.78 is 37.5. The molecule has 1 amide bonds. The van der Waals surface area contributed by atoms with Crippen LogP contribution in [0.3, 0.4) is 0 Å². The third-order valence-corrected chi connectivity index (χ3v) is 6.86. The van der Waals surface area contributed by atoms with Crippen molar-refractivity contribution in [1.29, 1.82) is 0 Å². The summed E-state index contributed by atoms with van der Waals surface area (Å²) in [5, 5.41) is 11.6. The predicted octanol–water partition coefficient (Wildman–Crippen LogP) is 2.90. The fourth-order valence-electron chi connectivity index (χ4n) is 4.81. The highest BCUT2D eigenvalue weighted by atomic mass is 19.3. The van der Waals surface area contributed by atoms with Gasteiger partial charge in [-0.15, -0.1) is 0 Å². The first kappa shape index (κ1) is 23.5. The van der Waals surface area contributed by atoms with E-state index in [4.69, 9.17) is 4.74 Å². The Kier molecular flexibility index (Phi) is 5.44. The quantitative estimate of drug-likeness (QED) is 0.427. The molecule has 3 atom stereocenters. The lowest BCUT2D eigenvalue weighted by atomic mass is 10.2. The molecular weight excluding hydrogens is 482 g/mol. The Hall–Kier alpha value is -3.93. The van der Waals surface area contributed by atoms with Crippen LogP contribution in [0.2, 0.25) is 0 Å². The summed E-state index contributed by atoms with van der Waals surface area (Å²) >= 11 is 0. The van der Waals surface area contributed by atoms with Crippen molar-refractivity contribution in [1.82, 2.24) is 34.3 Å². The van der Waals surface area contributed by atoms with Crippen LogP contribution in [0.15, 0.2) is 42.9 Å². The first-order valence-corrected chi connectivity index (χ1v) is 12.0. The average molecular weight is 509 g/mol. The summed E-state index contributed by atoms with van der Waals surface area (Å²) in [6.45, 7) is 1.73. The van der Waals surface area contributed by atoms with E-state index in [1.54, 1.807) is 32.4 Å². The van der Waals surface area contributed by atoms with Gasteiger partial charge >= 0.3 is 0 Å². The molecule has 0 bridgehead atoms. The highest BCUT2D eigenvalue weighted by molar-refractivity contribution is 5.94. The molecule has 4 aromatic heterocycles. The molecule has 2 fully saturated rings. The Bertz CT molecular complexity index is 1480. The fraction of sp³-hybridized carbons (Fsp3) is 0.400. The molecule has 4 aromatic rings. The minimum atomic E-state index is -2.97. The zero-order chi connectivity index (χ0) is 25.9. The molecule has 0 spiro atoms. The molecule has 1 saturated heterocycles. The van der Waals surface area contributed by atoms with Crippen LogP contribution < -0.4 is 10.1 Å². The van der Waals surface area contributed by atoms with Crippen LogP contribution in [0.5, 0.6) is 5.75 Å². The van der Waals surface area contributed by atoms with Crippen molar-refractivity contribution in [2.75, 3.05) is 25.5 Å². The number of fused-ring (bicyclic) bond motifs is 1. The zero-order valence-corrected chi connectivity index (χ0v) is 20.6. The van der Waals surface area contributed by atoms with E-state index < -0.39 is 12.0 Å². The van der Waals surface area contributed by atoms with E-state index in [1.807, 2.05) is 25.3 Å². The number of nitrogens with zero attached hydrogens (tertiary/aromatic N) is 7. The largest absolute Gasteiger partial charge is 0.479 e. The molecule has 192 valence electrons. The number of aromatic nitrogens is 6. The number of alkyl halides is 2. The first-order chi connectivity index (χ1) is 17.7. The number of hydrogen-bond acceptors (Lipinski definition) is 7. The molecule has 0 unspecified atom stereocenters. The summed E-state index contributed by atoms with van der Waals surface area (Å²) in [7, 11) is 3.33. The van der Waals surface area contributed by atoms with Crippen molar-refractivity contribution in [3.05, 3.63) is 54.1 Å². The Balaban J connectivity index is 1.19. The number of anilines is 1. The molecule has 10 nitrogen and oxygen atoms in total. The minimum absolute atomic E-state index is 0.109. The lowest BCUT2D eigenvalue weighted by Crippen LogP contribution is -2.36. The van der Waals surface area contributed by atoms with Crippen molar-refractivity contribution < 1.29 is 18.3 Å². The van der Waals surface area contributed by atoms with Crippen LogP contribution in [0, 0.1) is 12.8 Å². The molecule has 5 heterocycles. The molecule has 2 aliphatic rings. The summed E-state index contributed by atoms with van der Waals surface area (Å²) in [6, 6.07) is 7.42. The molecular formula is C25H26F2N8O2. The maximum atomic E-state index is 14.3. The van der Waals surface area contributed by atoms with Gasteiger partial charge in [-0.25, -0.2) is 18.3 Å². The maximum absolute atomic E-state index is 14.3. The number of carbonyl (C=O) groups is 1. The van der Waals surface area contributed by atoms with E-state index >= 15 is 0 Å². The van der Waals surface area contributed by atoms with E-state index in [2.05, 4.69) is 25.5 Å². The van der Waals surface area contributed by atoms with Gasteiger partial charge in [0.05, 0.1) is 18.9 Å². The monoisotopic (exact) mass is 508 g/mol. The van der Waals surface area contributed by atoms with Gasteiger partial charge in [-0.05, 0) is 44.2 Å². The Labute approximate surface area is 211 Å². The number of likely N-dealkylation sites (tertiary alicyclic amines) is 1. The number of aryl methyl sites for hydroxylation is 2. The Morgan fingerprint density at radius 3 is 2.76 bits per heavy atom. The van der Waals surface area contributed by atoms with Gasteiger partial charge in [0.15, 0.2) is 23.3 Å². The zero-order valence-electron chi connectivity index (χ0n) is 20.6. The molecule has 12 heteroatoms. The highest BCUT2D eigenvalue weighted by Crippen LogP contribution is 2.47. The smallest absolute Gasteiger partial charge is 0.297 e. The maximum Gasteiger partial charge on any atom is 0.297 e. The second-order valence-electron chi connectivity index (χ2n) is 9.89. The lowest BCUT2D eigenvalue weighted by Gasteiger charge is -2.19. The number of nitrogens with one attached hydrogen (secondary N) is 1. The van der Waals surface area contributed by atoms with Crippen LogP contribution in [0.4, 0.5) is 14.6 Å². The highest BCUT2D eigenvalue weighted by Gasteiger charge is 2.49. The van der Waals surface area contributed by atoms with Gasteiger partial charge in [-0.1, -0.05) is 6.07 Å². The number of likely N-dealkylation sites (N-methyl/N-ethyl adjacent to an activating group) is 1. The predicted molar refractivity (Wildman–Crippen MR) is 131 cm³/mol. The van der Waals surface area contributed by atoms with Crippen molar-refractivity contribution in [3.8, 4) is 17.1 Å². The molecule has 6 rings (SSSR count). The SMILES string of the molecule is Cc1ccc([C@@H]2C[C@@H]2C(=O)Nc2cn3nc(-c4c(O[C@@H]5CN(C)CC5(F)F)cnn4C)ccc3n2)nc1. The van der Waals surface area contributed by atoms with Gasteiger partial charge in [0.1, 0.15) is 11.4 Å². The number of carbonyl (C=O) groups excluding carboxylic acids is 1. The molecule has 1 N–H and O–H groups in total. The van der Waals surface area contributed by atoms with Crippen molar-refractivity contribution in [2.45, 2.75) is 31.3 Å². The van der Waals surface area contributed by atoms with E-state index in [1.165, 1.54) is 20.3 Å². The number of rotatable bonds is 6. The molecule has 1 aliphatic carbocycles. The summed E-state index contributed by atoms with van der Waals surface area (Å²) in [6.07, 6.45) is 4.32. The van der Waals surface area contributed by atoms with Gasteiger partial charge in [0.2, 0.25) is 5.91 Å². The molecule has 1 aliphatic heterocycles. The standard InChI is InChI=1S/C25H26F2N8O2/c1-14-4-5-17(28-9-14)15-8-16(15)24(36)31-21-12-35-22(30-21)7-6-18(32-35)23-19(10-29-34(23)3)37-20-11-33(2)13-25(20,26)27/h4-7,9-10,12,15-16,20H,8,11,13H2,1-3H3,(H,31,36)/t15-,16+,20-/m1/s1. The number of ether oxygens (including phenoxy) is 1. The van der Waals surface area contributed by atoms with Crippen molar-refractivity contribution in [2.24, 2.45) is 13.0 Å². The topological polar surface area (TPSA) is 102 Å². The summed E-state index contributed by atoms with van der Waals surface area (Å²) in [4.78, 5) is 23.2. The van der Waals surface area contributed by atoms with E-state index in [-0.39, 0.29) is 36.6 Å².